The molecule has 0 fully saturated rings. The Morgan fingerprint density at radius 2 is 1.86 bits per heavy atom. The lowest BCUT2D eigenvalue weighted by Gasteiger charge is -2.14. The molecular weight excluding hydrogens is 316 g/mol. The van der Waals surface area contributed by atoms with E-state index in [9.17, 15) is 13.2 Å². The van der Waals surface area contributed by atoms with E-state index in [1.165, 1.54) is 18.2 Å². The lowest BCUT2D eigenvalue weighted by molar-refractivity contribution is 0.0458. The molecule has 0 bridgehead atoms. The molecule has 0 atom stereocenters. The van der Waals surface area contributed by atoms with Crippen LogP contribution in [0.4, 0.5) is 0 Å². The summed E-state index contributed by atoms with van der Waals surface area (Å²) in [5.41, 5.74) is 0.117. The third kappa shape index (κ3) is 5.55. The van der Waals surface area contributed by atoms with Crippen molar-refractivity contribution in [3.8, 4) is 5.75 Å². The second kappa shape index (κ2) is 7.13. The number of benzene rings is 1. The Balaban J connectivity index is 3.13. The van der Waals surface area contributed by atoms with E-state index in [4.69, 9.17) is 20.2 Å². The van der Waals surface area contributed by atoms with Gasteiger partial charge in [0.15, 0.2) is 0 Å². The predicted molar refractivity (Wildman–Crippen MR) is 80.4 cm³/mol. The molecular formula is C14H19ClO5S. The summed E-state index contributed by atoms with van der Waals surface area (Å²) in [5, 5.41) is 0. The summed E-state index contributed by atoms with van der Waals surface area (Å²) in [5.74, 6) is -0.296. The van der Waals surface area contributed by atoms with E-state index in [0.717, 1.165) is 0 Å². The fourth-order valence-corrected chi connectivity index (χ4v) is 2.49. The molecule has 1 aromatic rings. The average Bonchev–Trinajstić information content (AvgIpc) is 2.34. The molecule has 0 aliphatic rings. The fraction of sp³-hybridized carbons (Fsp3) is 0.500. The van der Waals surface area contributed by atoms with Gasteiger partial charge in [-0.15, -0.1) is 0 Å². The van der Waals surface area contributed by atoms with Gasteiger partial charge < -0.3 is 9.47 Å². The number of hydrogen-bond donors (Lipinski definition) is 0. The van der Waals surface area contributed by atoms with Crippen LogP contribution in [0, 0.1) is 5.92 Å². The molecule has 118 valence electrons. The van der Waals surface area contributed by atoms with E-state index < -0.39 is 15.0 Å². The molecule has 0 unspecified atom stereocenters. The molecule has 1 aromatic carbocycles. The molecule has 5 nitrogen and oxygen atoms in total. The van der Waals surface area contributed by atoms with Gasteiger partial charge in [-0.3, -0.25) is 0 Å². The van der Waals surface area contributed by atoms with Gasteiger partial charge in [-0.1, -0.05) is 13.8 Å². The van der Waals surface area contributed by atoms with Crippen LogP contribution >= 0.6 is 10.7 Å². The van der Waals surface area contributed by atoms with Crippen LogP contribution in [0.15, 0.2) is 23.1 Å². The van der Waals surface area contributed by atoms with Crippen molar-refractivity contribution >= 4 is 25.7 Å². The SMILES string of the molecule is CC(C)COC(=O)c1ccc(OC(C)C)c(S(=O)(=O)Cl)c1. The number of esters is 1. The van der Waals surface area contributed by atoms with Gasteiger partial charge in [0.2, 0.25) is 0 Å². The van der Waals surface area contributed by atoms with Crippen molar-refractivity contribution in [2.75, 3.05) is 6.61 Å². The molecule has 0 saturated carbocycles. The Bertz CT molecular complexity index is 608. The summed E-state index contributed by atoms with van der Waals surface area (Å²) < 4.78 is 33.7. The van der Waals surface area contributed by atoms with E-state index in [1.54, 1.807) is 13.8 Å². The third-order valence-corrected chi connectivity index (χ3v) is 3.70. The molecule has 0 radical (unpaired) electrons. The van der Waals surface area contributed by atoms with Gasteiger partial charge in [0.25, 0.3) is 9.05 Å². The van der Waals surface area contributed by atoms with Gasteiger partial charge in [0.05, 0.1) is 18.3 Å². The van der Waals surface area contributed by atoms with Crippen LogP contribution in [0.2, 0.25) is 0 Å². The maximum absolute atomic E-state index is 11.9. The largest absolute Gasteiger partial charge is 0.490 e. The van der Waals surface area contributed by atoms with E-state index in [2.05, 4.69) is 0 Å². The number of hydrogen-bond acceptors (Lipinski definition) is 5. The molecule has 0 aliphatic heterocycles. The molecule has 21 heavy (non-hydrogen) atoms. The second-order valence-electron chi connectivity index (χ2n) is 5.26. The van der Waals surface area contributed by atoms with Crippen molar-refractivity contribution in [2.45, 2.75) is 38.7 Å². The number of rotatable bonds is 6. The number of halogens is 1. The van der Waals surface area contributed by atoms with Crippen LogP contribution in [0.5, 0.6) is 5.75 Å². The van der Waals surface area contributed by atoms with Gasteiger partial charge in [-0.25, -0.2) is 13.2 Å². The lowest BCUT2D eigenvalue weighted by Crippen LogP contribution is -2.12. The Kier molecular flexibility index (Phi) is 6.04. The van der Waals surface area contributed by atoms with Crippen molar-refractivity contribution in [3.63, 3.8) is 0 Å². The van der Waals surface area contributed by atoms with Crippen LogP contribution in [-0.4, -0.2) is 27.1 Å². The minimum absolute atomic E-state index is 0.111. The molecule has 0 saturated heterocycles. The van der Waals surface area contributed by atoms with Crippen molar-refractivity contribution in [3.05, 3.63) is 23.8 Å². The van der Waals surface area contributed by atoms with Crippen molar-refractivity contribution in [2.24, 2.45) is 5.92 Å². The first-order valence-corrected chi connectivity index (χ1v) is 8.84. The summed E-state index contributed by atoms with van der Waals surface area (Å²) in [6, 6.07) is 4.02. The third-order valence-electron chi connectivity index (χ3n) is 2.35. The molecule has 0 spiro atoms. The van der Waals surface area contributed by atoms with Crippen LogP contribution in [0.25, 0.3) is 0 Å². The Morgan fingerprint density at radius 1 is 1.24 bits per heavy atom. The normalized spacial score (nSPS) is 11.8. The van der Waals surface area contributed by atoms with Gasteiger partial charge in [0.1, 0.15) is 10.6 Å². The van der Waals surface area contributed by atoms with Crippen molar-refractivity contribution < 1.29 is 22.7 Å². The fourth-order valence-electron chi connectivity index (χ4n) is 1.50. The zero-order chi connectivity index (χ0) is 16.2. The van der Waals surface area contributed by atoms with Crippen molar-refractivity contribution in [1.29, 1.82) is 0 Å². The highest BCUT2D eigenvalue weighted by molar-refractivity contribution is 8.13. The zero-order valence-corrected chi connectivity index (χ0v) is 14.0. The smallest absolute Gasteiger partial charge is 0.338 e. The molecule has 0 N–H and O–H groups in total. The van der Waals surface area contributed by atoms with Crippen LogP contribution in [-0.2, 0) is 13.8 Å². The summed E-state index contributed by atoms with van der Waals surface area (Å²) in [4.78, 5) is 11.6. The summed E-state index contributed by atoms with van der Waals surface area (Å²) >= 11 is 0. The summed E-state index contributed by atoms with van der Waals surface area (Å²) in [6.45, 7) is 7.58. The molecule has 1 rings (SSSR count). The maximum Gasteiger partial charge on any atom is 0.338 e. The topological polar surface area (TPSA) is 69.7 Å². The quantitative estimate of drug-likeness (QED) is 0.590. The van der Waals surface area contributed by atoms with Crippen LogP contribution < -0.4 is 4.74 Å². The summed E-state index contributed by atoms with van der Waals surface area (Å²) in [6.07, 6.45) is -0.221. The number of ether oxygens (including phenoxy) is 2. The summed E-state index contributed by atoms with van der Waals surface area (Å²) in [7, 11) is 1.36. The first-order valence-electron chi connectivity index (χ1n) is 6.53. The maximum atomic E-state index is 11.9. The van der Waals surface area contributed by atoms with E-state index in [0.29, 0.717) is 0 Å². The molecule has 0 amide bonds. The highest BCUT2D eigenvalue weighted by Crippen LogP contribution is 2.29. The number of carbonyl (C=O) groups excluding carboxylic acids is 1. The van der Waals surface area contributed by atoms with E-state index >= 15 is 0 Å². The minimum Gasteiger partial charge on any atom is -0.490 e. The van der Waals surface area contributed by atoms with Crippen molar-refractivity contribution in [1.82, 2.24) is 0 Å². The zero-order valence-electron chi connectivity index (χ0n) is 12.4. The predicted octanol–water partition coefficient (Wildman–Crippen LogP) is 3.21. The Hall–Kier alpha value is -1.27. The molecule has 0 aliphatic carbocycles. The van der Waals surface area contributed by atoms with Crippen LogP contribution in [0.3, 0.4) is 0 Å². The second-order valence-corrected chi connectivity index (χ2v) is 7.79. The number of carbonyl (C=O) groups is 1. The standard InChI is InChI=1S/C14H19ClO5S/c1-9(2)8-19-14(16)11-5-6-12(20-10(3)4)13(7-11)21(15,17)18/h5-7,9-10H,8H2,1-4H3. The molecule has 0 aromatic heterocycles. The van der Waals surface area contributed by atoms with E-state index in [-0.39, 0.29) is 34.8 Å². The minimum atomic E-state index is -4.03. The van der Waals surface area contributed by atoms with Gasteiger partial charge in [-0.05, 0) is 38.0 Å². The Morgan fingerprint density at radius 3 is 2.33 bits per heavy atom. The van der Waals surface area contributed by atoms with Crippen LogP contribution in [0.1, 0.15) is 38.1 Å². The highest BCUT2D eigenvalue weighted by Gasteiger charge is 2.21. The first kappa shape index (κ1) is 17.8. The monoisotopic (exact) mass is 334 g/mol. The average molecular weight is 335 g/mol. The van der Waals surface area contributed by atoms with Gasteiger partial charge in [0, 0.05) is 10.7 Å². The van der Waals surface area contributed by atoms with Gasteiger partial charge in [-0.2, -0.15) is 0 Å². The van der Waals surface area contributed by atoms with Gasteiger partial charge >= 0.3 is 5.97 Å². The first-order chi connectivity index (χ1) is 9.61. The van der Waals surface area contributed by atoms with E-state index in [1.807, 2.05) is 13.8 Å². The Labute approximate surface area is 129 Å². The highest BCUT2D eigenvalue weighted by atomic mass is 35.7. The molecule has 0 heterocycles. The lowest BCUT2D eigenvalue weighted by atomic mass is 10.2. The molecule has 7 heteroatoms.